The SMILES string of the molecule is CCOC(=O)N[C@@H](CC(=O)N/N=C\c1cc(C)n(-c2ccc(F)cc2)c1C)c1ccccc1. The highest BCUT2D eigenvalue weighted by molar-refractivity contribution is 5.84. The molecule has 0 aliphatic rings. The summed E-state index contributed by atoms with van der Waals surface area (Å²) >= 11 is 0. The van der Waals surface area contributed by atoms with Crippen molar-refractivity contribution in [2.75, 3.05) is 6.61 Å². The lowest BCUT2D eigenvalue weighted by Crippen LogP contribution is -2.33. The van der Waals surface area contributed by atoms with Gasteiger partial charge in [-0.1, -0.05) is 30.3 Å². The molecular weight excluding hydrogens is 423 g/mol. The van der Waals surface area contributed by atoms with Gasteiger partial charge in [-0.15, -0.1) is 0 Å². The molecular formula is C25H27FN4O3. The maximum absolute atomic E-state index is 13.3. The van der Waals surface area contributed by atoms with Crippen LogP contribution in [0.1, 0.15) is 41.9 Å². The average Bonchev–Trinajstić information content (AvgIpc) is 3.08. The van der Waals surface area contributed by atoms with Gasteiger partial charge in [0.25, 0.3) is 0 Å². The number of hydrogen-bond donors (Lipinski definition) is 2. The summed E-state index contributed by atoms with van der Waals surface area (Å²) in [6.07, 6.45) is 0.974. The monoisotopic (exact) mass is 450 g/mol. The molecule has 2 amide bonds. The molecule has 1 heterocycles. The lowest BCUT2D eigenvalue weighted by molar-refractivity contribution is -0.121. The zero-order valence-corrected chi connectivity index (χ0v) is 18.8. The van der Waals surface area contributed by atoms with E-state index in [0.717, 1.165) is 28.2 Å². The molecule has 0 fully saturated rings. The number of ether oxygens (including phenoxy) is 1. The van der Waals surface area contributed by atoms with Crippen molar-refractivity contribution >= 4 is 18.2 Å². The van der Waals surface area contributed by atoms with Gasteiger partial charge in [0, 0.05) is 22.6 Å². The number of nitrogens with one attached hydrogen (secondary N) is 2. The van der Waals surface area contributed by atoms with Gasteiger partial charge in [-0.25, -0.2) is 14.6 Å². The molecule has 172 valence electrons. The van der Waals surface area contributed by atoms with Gasteiger partial charge in [-0.3, -0.25) is 4.79 Å². The van der Waals surface area contributed by atoms with E-state index in [0.29, 0.717) is 0 Å². The van der Waals surface area contributed by atoms with E-state index < -0.39 is 12.1 Å². The number of carbonyl (C=O) groups is 2. The van der Waals surface area contributed by atoms with Crippen LogP contribution >= 0.6 is 0 Å². The molecule has 0 bridgehead atoms. The van der Waals surface area contributed by atoms with E-state index in [2.05, 4.69) is 15.8 Å². The topological polar surface area (TPSA) is 84.7 Å². The van der Waals surface area contributed by atoms with Crippen LogP contribution in [0.3, 0.4) is 0 Å². The maximum Gasteiger partial charge on any atom is 0.407 e. The Morgan fingerprint density at radius 3 is 2.48 bits per heavy atom. The Kier molecular flexibility index (Phi) is 7.96. The van der Waals surface area contributed by atoms with Crippen molar-refractivity contribution in [3.63, 3.8) is 0 Å². The van der Waals surface area contributed by atoms with Crippen LogP contribution in [-0.2, 0) is 9.53 Å². The fourth-order valence-electron chi connectivity index (χ4n) is 3.56. The number of aromatic nitrogens is 1. The minimum atomic E-state index is -0.587. The highest BCUT2D eigenvalue weighted by Gasteiger charge is 2.19. The van der Waals surface area contributed by atoms with Gasteiger partial charge in [0.1, 0.15) is 5.82 Å². The van der Waals surface area contributed by atoms with Crippen LogP contribution in [0.15, 0.2) is 65.8 Å². The highest BCUT2D eigenvalue weighted by Crippen LogP contribution is 2.20. The second-order valence-corrected chi connectivity index (χ2v) is 7.46. The summed E-state index contributed by atoms with van der Waals surface area (Å²) in [5.41, 5.74) is 6.82. The van der Waals surface area contributed by atoms with Gasteiger partial charge in [0.15, 0.2) is 0 Å². The number of benzene rings is 2. The number of alkyl carbamates (subject to hydrolysis) is 1. The molecule has 3 rings (SSSR count). The van der Waals surface area contributed by atoms with Crippen molar-refractivity contribution < 1.29 is 18.7 Å². The Labute approximate surface area is 192 Å². The average molecular weight is 451 g/mol. The van der Waals surface area contributed by atoms with Crippen LogP contribution in [-0.4, -0.2) is 29.4 Å². The minimum absolute atomic E-state index is 0.00519. The van der Waals surface area contributed by atoms with Crippen molar-refractivity contribution in [2.24, 2.45) is 5.10 Å². The Balaban J connectivity index is 1.68. The standard InChI is InChI=1S/C25H27FN4O3/c1-4-33-25(32)28-23(19-8-6-5-7-9-19)15-24(31)29-27-16-20-14-17(2)30(18(20)3)22-12-10-21(26)11-13-22/h5-14,16,23H,4,15H2,1-3H3,(H,28,32)(H,29,31)/b27-16-/t23-/m0/s1. The third-order valence-electron chi connectivity index (χ3n) is 5.11. The summed E-state index contributed by atoms with van der Waals surface area (Å²) in [6.45, 7) is 5.82. The number of halogens is 1. The van der Waals surface area contributed by atoms with Gasteiger partial charge in [-0.2, -0.15) is 5.10 Å². The number of aryl methyl sites for hydroxylation is 1. The molecule has 1 atom stereocenters. The van der Waals surface area contributed by atoms with Crippen molar-refractivity contribution in [1.82, 2.24) is 15.3 Å². The molecule has 0 saturated carbocycles. The van der Waals surface area contributed by atoms with E-state index in [-0.39, 0.29) is 24.8 Å². The zero-order valence-electron chi connectivity index (χ0n) is 18.8. The first kappa shape index (κ1) is 23.7. The molecule has 8 heteroatoms. The zero-order chi connectivity index (χ0) is 23.8. The number of rotatable bonds is 8. The minimum Gasteiger partial charge on any atom is -0.450 e. The van der Waals surface area contributed by atoms with Gasteiger partial charge < -0.3 is 14.6 Å². The Morgan fingerprint density at radius 2 is 1.82 bits per heavy atom. The maximum atomic E-state index is 13.3. The summed E-state index contributed by atoms with van der Waals surface area (Å²) in [7, 11) is 0. The number of nitrogens with zero attached hydrogens (tertiary/aromatic N) is 2. The Hall–Kier alpha value is -3.94. The predicted molar refractivity (Wildman–Crippen MR) is 125 cm³/mol. The van der Waals surface area contributed by atoms with E-state index in [1.807, 2.05) is 54.8 Å². The molecule has 0 unspecified atom stereocenters. The highest BCUT2D eigenvalue weighted by atomic mass is 19.1. The molecule has 1 aromatic heterocycles. The van der Waals surface area contributed by atoms with E-state index in [9.17, 15) is 14.0 Å². The van der Waals surface area contributed by atoms with Gasteiger partial charge >= 0.3 is 6.09 Å². The first-order valence-corrected chi connectivity index (χ1v) is 10.6. The first-order chi connectivity index (χ1) is 15.9. The van der Waals surface area contributed by atoms with Crippen LogP contribution in [0.25, 0.3) is 5.69 Å². The van der Waals surface area contributed by atoms with Crippen LogP contribution in [0.4, 0.5) is 9.18 Å². The summed E-state index contributed by atoms with van der Waals surface area (Å²) in [4.78, 5) is 24.4. The number of hydrazone groups is 1. The molecule has 0 aliphatic carbocycles. The van der Waals surface area contributed by atoms with Crippen molar-refractivity contribution in [3.05, 3.63) is 89.0 Å². The van der Waals surface area contributed by atoms with Crippen molar-refractivity contribution in [1.29, 1.82) is 0 Å². The normalized spacial score (nSPS) is 11.9. The predicted octanol–water partition coefficient (Wildman–Crippen LogP) is 4.56. The van der Waals surface area contributed by atoms with E-state index in [4.69, 9.17) is 4.74 Å². The number of amides is 2. The molecule has 0 saturated heterocycles. The van der Waals surface area contributed by atoms with Crippen molar-refractivity contribution in [2.45, 2.75) is 33.2 Å². The molecule has 2 aromatic carbocycles. The van der Waals surface area contributed by atoms with Crippen LogP contribution < -0.4 is 10.7 Å². The number of carbonyl (C=O) groups excluding carboxylic acids is 2. The quantitative estimate of drug-likeness (QED) is 0.390. The third-order valence-corrected chi connectivity index (χ3v) is 5.11. The first-order valence-electron chi connectivity index (χ1n) is 10.6. The molecule has 33 heavy (non-hydrogen) atoms. The lowest BCUT2D eigenvalue weighted by atomic mass is 10.0. The fourth-order valence-corrected chi connectivity index (χ4v) is 3.56. The second-order valence-electron chi connectivity index (χ2n) is 7.46. The Morgan fingerprint density at radius 1 is 1.12 bits per heavy atom. The Bertz CT molecular complexity index is 1120. The van der Waals surface area contributed by atoms with Crippen LogP contribution in [0.5, 0.6) is 0 Å². The smallest absolute Gasteiger partial charge is 0.407 e. The van der Waals surface area contributed by atoms with E-state index >= 15 is 0 Å². The van der Waals surface area contributed by atoms with Crippen molar-refractivity contribution in [3.8, 4) is 5.69 Å². The van der Waals surface area contributed by atoms with Gasteiger partial charge in [0.05, 0.1) is 25.3 Å². The van der Waals surface area contributed by atoms with Crippen LogP contribution in [0, 0.1) is 19.7 Å². The molecule has 0 aliphatic heterocycles. The van der Waals surface area contributed by atoms with E-state index in [1.54, 1.807) is 25.3 Å². The fraction of sp³-hybridized carbons (Fsp3) is 0.240. The van der Waals surface area contributed by atoms with E-state index in [1.165, 1.54) is 12.1 Å². The summed E-state index contributed by atoms with van der Waals surface area (Å²) in [6, 6.07) is 16.8. The molecule has 2 N–H and O–H groups in total. The lowest BCUT2D eigenvalue weighted by Gasteiger charge is -2.18. The molecule has 0 radical (unpaired) electrons. The van der Waals surface area contributed by atoms with Gasteiger partial charge in [-0.05, 0) is 56.7 Å². The van der Waals surface area contributed by atoms with Crippen LogP contribution in [0.2, 0.25) is 0 Å². The third kappa shape index (κ3) is 6.29. The largest absolute Gasteiger partial charge is 0.450 e. The molecule has 7 nitrogen and oxygen atoms in total. The summed E-state index contributed by atoms with van der Waals surface area (Å²) < 4.78 is 20.2. The number of hydrogen-bond acceptors (Lipinski definition) is 4. The summed E-state index contributed by atoms with van der Waals surface area (Å²) in [5.74, 6) is -0.652. The molecule has 3 aromatic rings. The molecule has 0 spiro atoms. The van der Waals surface area contributed by atoms with Gasteiger partial charge in [0.2, 0.25) is 5.91 Å². The summed E-state index contributed by atoms with van der Waals surface area (Å²) in [5, 5.41) is 6.80. The second kappa shape index (κ2) is 11.1.